The molecule has 28 heavy (non-hydrogen) atoms. The lowest BCUT2D eigenvalue weighted by Gasteiger charge is -2.39. The second-order valence-corrected chi connectivity index (χ2v) is 8.64. The molecule has 1 saturated carbocycles. The van der Waals surface area contributed by atoms with E-state index in [2.05, 4.69) is 41.0 Å². The SMILES string of the molecule is COc1ccc(Cl)cc1CNC1C(c2ccccc2)NCCC2CCCCC21. The topological polar surface area (TPSA) is 33.3 Å². The number of hydrogen-bond donors (Lipinski definition) is 2. The van der Waals surface area contributed by atoms with Gasteiger partial charge in [-0.3, -0.25) is 0 Å². The number of fused-ring (bicyclic) bond motifs is 1. The standard InChI is InChI=1S/C24H31ClN2O/c1-28-22-12-11-20(25)15-19(22)16-27-24-21-10-6-5-7-17(21)13-14-26-23(24)18-8-3-2-4-9-18/h2-4,8-9,11-12,15,17,21,23-24,26-27H,5-7,10,13-14,16H2,1H3. The Bertz CT molecular complexity index is 766. The Morgan fingerprint density at radius 3 is 2.71 bits per heavy atom. The highest BCUT2D eigenvalue weighted by Crippen LogP contribution is 2.40. The molecule has 0 aromatic heterocycles. The first-order valence-electron chi connectivity index (χ1n) is 10.6. The Morgan fingerprint density at radius 2 is 1.89 bits per heavy atom. The highest BCUT2D eigenvalue weighted by Gasteiger charge is 2.38. The van der Waals surface area contributed by atoms with Crippen LogP contribution in [-0.2, 0) is 6.54 Å². The molecule has 4 rings (SSSR count). The summed E-state index contributed by atoms with van der Waals surface area (Å²) in [4.78, 5) is 0. The van der Waals surface area contributed by atoms with Crippen molar-refractivity contribution in [3.05, 3.63) is 64.7 Å². The van der Waals surface area contributed by atoms with Gasteiger partial charge in [0.25, 0.3) is 0 Å². The summed E-state index contributed by atoms with van der Waals surface area (Å²) in [6, 6.07) is 17.5. The third-order valence-electron chi connectivity index (χ3n) is 6.60. The summed E-state index contributed by atoms with van der Waals surface area (Å²) in [5.41, 5.74) is 2.50. The van der Waals surface area contributed by atoms with E-state index in [1.807, 2.05) is 18.2 Å². The first kappa shape index (κ1) is 19.8. The average Bonchev–Trinajstić information content (AvgIpc) is 2.92. The van der Waals surface area contributed by atoms with Crippen LogP contribution in [0.4, 0.5) is 0 Å². The third-order valence-corrected chi connectivity index (χ3v) is 6.83. The minimum Gasteiger partial charge on any atom is -0.496 e. The molecule has 1 saturated heterocycles. The largest absolute Gasteiger partial charge is 0.496 e. The van der Waals surface area contributed by atoms with Gasteiger partial charge in [-0.15, -0.1) is 0 Å². The van der Waals surface area contributed by atoms with E-state index in [1.54, 1.807) is 7.11 Å². The lowest BCUT2D eigenvalue weighted by atomic mass is 9.72. The van der Waals surface area contributed by atoms with Crippen molar-refractivity contribution in [1.29, 1.82) is 0 Å². The Labute approximate surface area is 173 Å². The molecule has 2 N–H and O–H groups in total. The molecule has 1 aliphatic heterocycles. The minimum atomic E-state index is 0.333. The van der Waals surface area contributed by atoms with Crippen LogP contribution in [0.25, 0.3) is 0 Å². The van der Waals surface area contributed by atoms with Crippen molar-refractivity contribution < 1.29 is 4.74 Å². The number of rotatable bonds is 5. The Kier molecular flexibility index (Phi) is 6.56. The molecule has 150 valence electrons. The molecule has 2 aromatic rings. The maximum Gasteiger partial charge on any atom is 0.123 e. The zero-order valence-electron chi connectivity index (χ0n) is 16.7. The first-order chi connectivity index (χ1) is 13.8. The van der Waals surface area contributed by atoms with Crippen LogP contribution in [0, 0.1) is 11.8 Å². The number of nitrogens with one attached hydrogen (secondary N) is 2. The first-order valence-corrected chi connectivity index (χ1v) is 11.0. The summed E-state index contributed by atoms with van der Waals surface area (Å²) in [6.07, 6.45) is 6.70. The van der Waals surface area contributed by atoms with Gasteiger partial charge in [0.15, 0.2) is 0 Å². The van der Waals surface area contributed by atoms with E-state index in [0.29, 0.717) is 18.0 Å². The summed E-state index contributed by atoms with van der Waals surface area (Å²) in [5, 5.41) is 8.54. The van der Waals surface area contributed by atoms with Crippen molar-refractivity contribution in [2.24, 2.45) is 11.8 Å². The molecule has 4 atom stereocenters. The van der Waals surface area contributed by atoms with Gasteiger partial charge in [0, 0.05) is 29.2 Å². The van der Waals surface area contributed by atoms with Gasteiger partial charge in [-0.25, -0.2) is 0 Å². The van der Waals surface area contributed by atoms with E-state index in [0.717, 1.165) is 35.3 Å². The highest BCUT2D eigenvalue weighted by atomic mass is 35.5. The molecule has 2 aromatic carbocycles. The van der Waals surface area contributed by atoms with Crippen molar-refractivity contribution in [1.82, 2.24) is 10.6 Å². The number of hydrogen-bond acceptors (Lipinski definition) is 3. The number of methoxy groups -OCH3 is 1. The molecule has 0 radical (unpaired) electrons. The maximum atomic E-state index is 6.26. The summed E-state index contributed by atoms with van der Waals surface area (Å²) >= 11 is 6.26. The molecular formula is C24H31ClN2O. The second-order valence-electron chi connectivity index (χ2n) is 8.20. The number of benzene rings is 2. The third kappa shape index (κ3) is 4.37. The van der Waals surface area contributed by atoms with Crippen molar-refractivity contribution in [2.45, 2.75) is 50.7 Å². The van der Waals surface area contributed by atoms with Crippen LogP contribution < -0.4 is 15.4 Å². The fraction of sp³-hybridized carbons (Fsp3) is 0.500. The van der Waals surface area contributed by atoms with E-state index in [-0.39, 0.29) is 0 Å². The van der Waals surface area contributed by atoms with Crippen LogP contribution in [0.5, 0.6) is 5.75 Å². The van der Waals surface area contributed by atoms with Gasteiger partial charge in [0.05, 0.1) is 7.11 Å². The molecular weight excluding hydrogens is 368 g/mol. The van der Waals surface area contributed by atoms with Crippen molar-refractivity contribution in [3.63, 3.8) is 0 Å². The maximum absolute atomic E-state index is 6.26. The van der Waals surface area contributed by atoms with Gasteiger partial charge in [-0.05, 0) is 55.0 Å². The monoisotopic (exact) mass is 398 g/mol. The van der Waals surface area contributed by atoms with Crippen molar-refractivity contribution in [2.75, 3.05) is 13.7 Å². The van der Waals surface area contributed by atoms with Crippen molar-refractivity contribution in [3.8, 4) is 5.75 Å². The Hall–Kier alpha value is -1.55. The fourth-order valence-electron chi connectivity index (χ4n) is 5.23. The summed E-state index contributed by atoms with van der Waals surface area (Å²) in [6.45, 7) is 1.86. The Morgan fingerprint density at radius 1 is 1.07 bits per heavy atom. The molecule has 1 aliphatic carbocycles. The predicted molar refractivity (Wildman–Crippen MR) is 116 cm³/mol. The van der Waals surface area contributed by atoms with E-state index < -0.39 is 0 Å². The summed E-state index contributed by atoms with van der Waals surface area (Å²) in [5.74, 6) is 2.42. The van der Waals surface area contributed by atoms with Crippen LogP contribution >= 0.6 is 11.6 Å². The second kappa shape index (κ2) is 9.30. The van der Waals surface area contributed by atoms with Crippen LogP contribution in [0.15, 0.2) is 48.5 Å². The normalized spacial score (nSPS) is 27.6. The molecule has 0 bridgehead atoms. The minimum absolute atomic E-state index is 0.333. The lowest BCUT2D eigenvalue weighted by Crippen LogP contribution is -2.46. The number of halogens is 1. The quantitative estimate of drug-likeness (QED) is 0.712. The zero-order valence-corrected chi connectivity index (χ0v) is 17.4. The molecule has 1 heterocycles. The molecule has 0 spiro atoms. The van der Waals surface area contributed by atoms with E-state index in [1.165, 1.54) is 37.7 Å². The fourth-order valence-corrected chi connectivity index (χ4v) is 5.43. The van der Waals surface area contributed by atoms with E-state index in [9.17, 15) is 0 Å². The average molecular weight is 399 g/mol. The Balaban J connectivity index is 1.61. The van der Waals surface area contributed by atoms with Gasteiger partial charge >= 0.3 is 0 Å². The lowest BCUT2D eigenvalue weighted by molar-refractivity contribution is 0.170. The van der Waals surface area contributed by atoms with E-state index >= 15 is 0 Å². The van der Waals surface area contributed by atoms with Crippen LogP contribution in [0.1, 0.15) is 49.3 Å². The molecule has 4 unspecified atom stereocenters. The predicted octanol–water partition coefficient (Wildman–Crippen LogP) is 5.35. The molecule has 4 heteroatoms. The molecule has 2 aliphatic rings. The van der Waals surface area contributed by atoms with Crippen molar-refractivity contribution >= 4 is 11.6 Å². The smallest absolute Gasteiger partial charge is 0.123 e. The molecule has 0 amide bonds. The van der Waals surface area contributed by atoms with E-state index in [4.69, 9.17) is 16.3 Å². The van der Waals surface area contributed by atoms with Crippen LogP contribution in [0.2, 0.25) is 5.02 Å². The van der Waals surface area contributed by atoms with Gasteiger partial charge < -0.3 is 15.4 Å². The summed E-state index contributed by atoms with van der Waals surface area (Å²) < 4.78 is 5.57. The zero-order chi connectivity index (χ0) is 19.3. The number of ether oxygens (including phenoxy) is 1. The van der Waals surface area contributed by atoms with Crippen LogP contribution in [0.3, 0.4) is 0 Å². The van der Waals surface area contributed by atoms with Crippen LogP contribution in [-0.4, -0.2) is 19.7 Å². The van der Waals surface area contributed by atoms with Gasteiger partial charge in [-0.1, -0.05) is 61.2 Å². The molecule has 2 fully saturated rings. The van der Waals surface area contributed by atoms with Gasteiger partial charge in [-0.2, -0.15) is 0 Å². The highest BCUT2D eigenvalue weighted by molar-refractivity contribution is 6.30. The van der Waals surface area contributed by atoms with Gasteiger partial charge in [0.1, 0.15) is 5.75 Å². The van der Waals surface area contributed by atoms with Gasteiger partial charge in [0.2, 0.25) is 0 Å². The summed E-state index contributed by atoms with van der Waals surface area (Å²) in [7, 11) is 1.73. The molecule has 3 nitrogen and oxygen atoms in total.